The molecule has 2 heterocycles. The fourth-order valence-electron chi connectivity index (χ4n) is 3.78. The summed E-state index contributed by atoms with van der Waals surface area (Å²) in [5.74, 6) is 0.141. The number of hydrogen-bond donors (Lipinski definition) is 1. The number of likely N-dealkylation sites (N-methyl/N-ethyl adjacent to an activating group) is 1. The van der Waals surface area contributed by atoms with Crippen molar-refractivity contribution >= 4 is 17.7 Å². The molecule has 1 N–H and O–H groups in total. The molecule has 1 aromatic rings. The number of hydrogen-bond acceptors (Lipinski definition) is 4. The van der Waals surface area contributed by atoms with E-state index in [1.807, 2.05) is 44.9 Å². The lowest BCUT2D eigenvalue weighted by Crippen LogP contribution is -2.41. The Labute approximate surface area is 161 Å². The van der Waals surface area contributed by atoms with Crippen LogP contribution in [-0.2, 0) is 9.53 Å². The number of carbonyl (C=O) groups is 2. The number of piperidine rings is 1. The highest BCUT2D eigenvalue weighted by Crippen LogP contribution is 2.33. The molecule has 0 bridgehead atoms. The molecule has 2 amide bonds. The minimum Gasteiger partial charge on any atom is -0.444 e. The molecule has 2 atom stereocenters. The van der Waals surface area contributed by atoms with Crippen molar-refractivity contribution in [1.29, 1.82) is 0 Å². The number of benzene rings is 1. The molecule has 6 heteroatoms. The number of amides is 2. The molecule has 1 unspecified atom stereocenters. The highest BCUT2D eigenvalue weighted by molar-refractivity contribution is 5.86. The largest absolute Gasteiger partial charge is 0.444 e. The van der Waals surface area contributed by atoms with Gasteiger partial charge in [0, 0.05) is 25.8 Å². The predicted molar refractivity (Wildman–Crippen MR) is 106 cm³/mol. The molecular formula is C21H31N3O3. The van der Waals surface area contributed by atoms with Crippen LogP contribution in [0.1, 0.15) is 58.1 Å². The first-order valence-electron chi connectivity index (χ1n) is 9.86. The van der Waals surface area contributed by atoms with Crippen molar-refractivity contribution in [3.63, 3.8) is 0 Å². The Morgan fingerprint density at radius 1 is 1.11 bits per heavy atom. The summed E-state index contributed by atoms with van der Waals surface area (Å²) in [5, 5.41) is 3.32. The summed E-state index contributed by atoms with van der Waals surface area (Å²) < 4.78 is 5.60. The molecule has 1 aromatic carbocycles. The van der Waals surface area contributed by atoms with Crippen LogP contribution in [0.25, 0.3) is 0 Å². The second-order valence-electron chi connectivity index (χ2n) is 8.55. The first-order chi connectivity index (χ1) is 12.7. The minimum atomic E-state index is -0.492. The third kappa shape index (κ3) is 4.73. The minimum absolute atomic E-state index is 0.0434. The number of ether oxygens (including phenoxy) is 1. The SMILES string of the molecule is CN1CCC(Nc2ccc([C@@H]3CCCCN3C(=O)OC(C)(C)C)cc2)C1=O. The molecular weight excluding hydrogens is 342 g/mol. The lowest BCUT2D eigenvalue weighted by atomic mass is 9.95. The van der Waals surface area contributed by atoms with Gasteiger partial charge in [0.15, 0.2) is 0 Å². The topological polar surface area (TPSA) is 61.9 Å². The van der Waals surface area contributed by atoms with Crippen LogP contribution in [0.4, 0.5) is 10.5 Å². The van der Waals surface area contributed by atoms with Crippen molar-refractivity contribution in [2.24, 2.45) is 0 Å². The van der Waals surface area contributed by atoms with E-state index < -0.39 is 5.60 Å². The maximum Gasteiger partial charge on any atom is 0.410 e. The third-order valence-corrected chi connectivity index (χ3v) is 5.19. The summed E-state index contributed by atoms with van der Waals surface area (Å²) >= 11 is 0. The van der Waals surface area contributed by atoms with Crippen molar-refractivity contribution < 1.29 is 14.3 Å². The standard InChI is InChI=1S/C21H31N3O3/c1-21(2,3)27-20(26)24-13-6-5-7-18(24)15-8-10-16(11-9-15)22-17-12-14-23(4)19(17)25/h8-11,17-18,22H,5-7,12-14H2,1-4H3/t17?,18-/m0/s1. The number of carbonyl (C=O) groups excluding carboxylic acids is 2. The molecule has 2 saturated heterocycles. The average molecular weight is 373 g/mol. The summed E-state index contributed by atoms with van der Waals surface area (Å²) in [6.45, 7) is 7.20. The van der Waals surface area contributed by atoms with E-state index >= 15 is 0 Å². The molecule has 0 aliphatic carbocycles. The molecule has 0 aromatic heterocycles. The van der Waals surface area contributed by atoms with E-state index in [1.165, 1.54) is 0 Å². The van der Waals surface area contributed by atoms with E-state index in [1.54, 1.807) is 4.90 Å². The van der Waals surface area contributed by atoms with Crippen molar-refractivity contribution in [3.8, 4) is 0 Å². The van der Waals surface area contributed by atoms with Gasteiger partial charge in [-0.1, -0.05) is 12.1 Å². The maximum absolute atomic E-state index is 12.6. The Balaban J connectivity index is 1.69. The van der Waals surface area contributed by atoms with E-state index in [0.29, 0.717) is 0 Å². The van der Waals surface area contributed by atoms with Crippen LogP contribution in [0, 0.1) is 0 Å². The van der Waals surface area contributed by atoms with Gasteiger partial charge in [-0.2, -0.15) is 0 Å². The van der Waals surface area contributed by atoms with Gasteiger partial charge >= 0.3 is 6.09 Å². The highest BCUT2D eigenvalue weighted by Gasteiger charge is 2.32. The summed E-state index contributed by atoms with van der Waals surface area (Å²) in [4.78, 5) is 28.3. The molecule has 6 nitrogen and oxygen atoms in total. The Hall–Kier alpha value is -2.24. The van der Waals surface area contributed by atoms with Gasteiger partial charge < -0.3 is 19.9 Å². The molecule has 3 rings (SSSR count). The third-order valence-electron chi connectivity index (χ3n) is 5.19. The average Bonchev–Trinajstić information content (AvgIpc) is 2.93. The molecule has 0 spiro atoms. The van der Waals surface area contributed by atoms with Gasteiger partial charge in [0.2, 0.25) is 5.91 Å². The van der Waals surface area contributed by atoms with E-state index in [4.69, 9.17) is 4.74 Å². The normalized spacial score (nSPS) is 23.5. The van der Waals surface area contributed by atoms with E-state index in [2.05, 4.69) is 17.4 Å². The Kier molecular flexibility index (Phi) is 5.63. The van der Waals surface area contributed by atoms with Gasteiger partial charge in [-0.25, -0.2) is 4.79 Å². The van der Waals surface area contributed by atoms with Crippen LogP contribution in [-0.4, -0.2) is 53.6 Å². The van der Waals surface area contributed by atoms with Crippen molar-refractivity contribution in [2.45, 2.75) is 64.1 Å². The smallest absolute Gasteiger partial charge is 0.410 e. The number of anilines is 1. The summed E-state index contributed by atoms with van der Waals surface area (Å²) in [6, 6.07) is 8.01. The van der Waals surface area contributed by atoms with Crippen molar-refractivity contribution in [1.82, 2.24) is 9.80 Å². The Morgan fingerprint density at radius 2 is 1.81 bits per heavy atom. The molecule has 27 heavy (non-hydrogen) atoms. The number of likely N-dealkylation sites (tertiary alicyclic amines) is 2. The lowest BCUT2D eigenvalue weighted by Gasteiger charge is -2.37. The van der Waals surface area contributed by atoms with Gasteiger partial charge in [0.05, 0.1) is 6.04 Å². The van der Waals surface area contributed by atoms with Crippen LogP contribution < -0.4 is 5.32 Å². The monoisotopic (exact) mass is 373 g/mol. The second-order valence-corrected chi connectivity index (χ2v) is 8.55. The Bertz CT molecular complexity index is 681. The summed E-state index contributed by atoms with van der Waals surface area (Å²) in [7, 11) is 1.83. The predicted octanol–water partition coefficient (Wildman–Crippen LogP) is 3.79. The van der Waals surface area contributed by atoms with Gasteiger partial charge in [-0.05, 0) is 64.2 Å². The first-order valence-corrected chi connectivity index (χ1v) is 9.86. The molecule has 2 fully saturated rings. The molecule has 2 aliphatic heterocycles. The lowest BCUT2D eigenvalue weighted by molar-refractivity contribution is -0.127. The summed E-state index contributed by atoms with van der Waals surface area (Å²) in [6.07, 6.45) is 3.64. The van der Waals surface area contributed by atoms with Crippen LogP contribution >= 0.6 is 0 Å². The number of nitrogens with zero attached hydrogens (tertiary/aromatic N) is 2. The van der Waals surface area contributed by atoms with Crippen LogP contribution in [0.5, 0.6) is 0 Å². The van der Waals surface area contributed by atoms with Crippen molar-refractivity contribution in [3.05, 3.63) is 29.8 Å². The van der Waals surface area contributed by atoms with Gasteiger partial charge in [0.1, 0.15) is 11.6 Å². The Morgan fingerprint density at radius 3 is 2.41 bits per heavy atom. The van der Waals surface area contributed by atoms with Crippen LogP contribution in [0.2, 0.25) is 0 Å². The summed E-state index contributed by atoms with van der Waals surface area (Å²) in [5.41, 5.74) is 1.56. The second kappa shape index (κ2) is 7.79. The molecule has 148 valence electrons. The van der Waals surface area contributed by atoms with Gasteiger partial charge in [-0.3, -0.25) is 4.79 Å². The quantitative estimate of drug-likeness (QED) is 0.876. The molecule has 0 radical (unpaired) electrons. The fourth-order valence-corrected chi connectivity index (χ4v) is 3.78. The zero-order chi connectivity index (χ0) is 19.6. The zero-order valence-electron chi connectivity index (χ0n) is 16.8. The van der Waals surface area contributed by atoms with Crippen LogP contribution in [0.15, 0.2) is 24.3 Å². The molecule has 0 saturated carbocycles. The van der Waals surface area contributed by atoms with E-state index in [0.717, 1.165) is 50.0 Å². The highest BCUT2D eigenvalue weighted by atomic mass is 16.6. The van der Waals surface area contributed by atoms with E-state index in [-0.39, 0.29) is 24.1 Å². The van der Waals surface area contributed by atoms with Gasteiger partial charge in [-0.15, -0.1) is 0 Å². The van der Waals surface area contributed by atoms with Gasteiger partial charge in [0.25, 0.3) is 0 Å². The van der Waals surface area contributed by atoms with Crippen LogP contribution in [0.3, 0.4) is 0 Å². The van der Waals surface area contributed by atoms with Crippen molar-refractivity contribution in [2.75, 3.05) is 25.5 Å². The number of nitrogens with one attached hydrogen (secondary N) is 1. The maximum atomic E-state index is 12.6. The fraction of sp³-hybridized carbons (Fsp3) is 0.619. The van der Waals surface area contributed by atoms with E-state index in [9.17, 15) is 9.59 Å². The first kappa shape index (κ1) is 19.5. The molecule has 2 aliphatic rings. The number of rotatable bonds is 3. The zero-order valence-corrected chi connectivity index (χ0v) is 16.8.